The molecule has 8 nitrogen and oxygen atoms in total. The number of fused-ring (bicyclic) bond motifs is 1. The molecule has 124 valence electrons. The van der Waals surface area contributed by atoms with Crippen LogP contribution in [0.4, 0.5) is 11.8 Å². The number of rotatable bonds is 2. The monoisotopic (exact) mass is 353 g/mol. The van der Waals surface area contributed by atoms with Gasteiger partial charge in [0.1, 0.15) is 5.39 Å². The number of H-pyrrole nitrogens is 1. The van der Waals surface area contributed by atoms with E-state index in [0.29, 0.717) is 27.5 Å². The molecule has 0 aliphatic rings. The van der Waals surface area contributed by atoms with Crippen LogP contribution in [0.1, 0.15) is 0 Å². The predicted octanol–water partition coefficient (Wildman–Crippen LogP) is 1.99. The first-order valence-corrected chi connectivity index (χ1v) is 7.67. The highest BCUT2D eigenvalue weighted by molar-refractivity contribution is 6.32. The number of pyridine rings is 1. The van der Waals surface area contributed by atoms with Crippen LogP contribution in [-0.4, -0.2) is 24.7 Å². The third kappa shape index (κ3) is 2.39. The van der Waals surface area contributed by atoms with Crippen LogP contribution >= 0.6 is 11.6 Å². The van der Waals surface area contributed by atoms with Gasteiger partial charge in [-0.25, -0.2) is 9.97 Å². The lowest BCUT2D eigenvalue weighted by atomic mass is 10.1. The van der Waals surface area contributed by atoms with Gasteiger partial charge in [-0.05, 0) is 18.2 Å². The van der Waals surface area contributed by atoms with Crippen LogP contribution in [0.25, 0.3) is 27.8 Å². The lowest BCUT2D eigenvalue weighted by Crippen LogP contribution is -2.19. The number of nitrogens with zero attached hydrogens (tertiary/aromatic N) is 4. The van der Waals surface area contributed by atoms with Gasteiger partial charge >= 0.3 is 0 Å². The standard InChI is InChI=1S/C16H12ClN7O/c17-9-3-1-2-4-11(9)24-7-8(10-5-6-20-16(19)21-10)13-12(15(24)25)14(18)23-22-13/h1-7H,(H3,18,22,23)(H2,19,20,21). The van der Waals surface area contributed by atoms with E-state index in [0.717, 1.165) is 0 Å². The fraction of sp³-hybridized carbons (Fsp3) is 0. The van der Waals surface area contributed by atoms with Gasteiger partial charge in [0.15, 0.2) is 5.82 Å². The van der Waals surface area contributed by atoms with Crippen molar-refractivity contribution in [1.82, 2.24) is 24.7 Å². The third-order valence-electron chi connectivity index (χ3n) is 3.82. The summed E-state index contributed by atoms with van der Waals surface area (Å²) in [5.41, 5.74) is 13.4. The third-order valence-corrected chi connectivity index (χ3v) is 4.14. The van der Waals surface area contributed by atoms with Crippen molar-refractivity contribution < 1.29 is 0 Å². The van der Waals surface area contributed by atoms with Crippen LogP contribution in [0.3, 0.4) is 0 Å². The summed E-state index contributed by atoms with van der Waals surface area (Å²) in [4.78, 5) is 21.0. The van der Waals surface area contributed by atoms with E-state index in [9.17, 15) is 4.79 Å². The van der Waals surface area contributed by atoms with Gasteiger partial charge < -0.3 is 11.5 Å². The molecule has 3 heterocycles. The maximum atomic E-state index is 12.9. The topological polar surface area (TPSA) is 128 Å². The number of halogens is 1. The molecule has 0 aliphatic carbocycles. The highest BCUT2D eigenvalue weighted by Gasteiger charge is 2.18. The number of aromatic amines is 1. The summed E-state index contributed by atoms with van der Waals surface area (Å²) in [6.07, 6.45) is 3.17. The van der Waals surface area contributed by atoms with E-state index in [1.54, 1.807) is 36.5 Å². The molecule has 5 N–H and O–H groups in total. The van der Waals surface area contributed by atoms with Gasteiger partial charge in [-0.15, -0.1) is 0 Å². The molecule has 0 spiro atoms. The van der Waals surface area contributed by atoms with Crippen LogP contribution in [0, 0.1) is 0 Å². The van der Waals surface area contributed by atoms with Gasteiger partial charge in [-0.1, -0.05) is 23.7 Å². The van der Waals surface area contributed by atoms with E-state index in [-0.39, 0.29) is 22.7 Å². The summed E-state index contributed by atoms with van der Waals surface area (Å²) in [5.74, 6) is 0.221. The fourth-order valence-corrected chi connectivity index (χ4v) is 2.91. The summed E-state index contributed by atoms with van der Waals surface area (Å²) in [7, 11) is 0. The quantitative estimate of drug-likeness (QED) is 0.505. The van der Waals surface area contributed by atoms with Crippen molar-refractivity contribution in [3.05, 3.63) is 58.1 Å². The second-order valence-corrected chi connectivity index (χ2v) is 5.74. The Bertz CT molecular complexity index is 1160. The minimum Gasteiger partial charge on any atom is -0.382 e. The maximum Gasteiger partial charge on any atom is 0.268 e. The Morgan fingerprint density at radius 3 is 2.72 bits per heavy atom. The van der Waals surface area contributed by atoms with E-state index in [4.69, 9.17) is 23.1 Å². The lowest BCUT2D eigenvalue weighted by Gasteiger charge is -2.11. The van der Waals surface area contributed by atoms with Gasteiger partial charge in [0, 0.05) is 18.0 Å². The number of nitrogens with two attached hydrogens (primary N) is 2. The fourth-order valence-electron chi connectivity index (χ4n) is 2.68. The van der Waals surface area contributed by atoms with Crippen molar-refractivity contribution in [2.45, 2.75) is 0 Å². The van der Waals surface area contributed by atoms with Crippen LogP contribution in [0.5, 0.6) is 0 Å². The number of aromatic nitrogens is 5. The number of nitrogen functional groups attached to an aromatic ring is 2. The van der Waals surface area contributed by atoms with Gasteiger partial charge in [0.05, 0.1) is 21.9 Å². The van der Waals surface area contributed by atoms with Crippen molar-refractivity contribution in [2.75, 3.05) is 11.5 Å². The molecule has 0 atom stereocenters. The molecule has 0 aliphatic heterocycles. The zero-order valence-electron chi connectivity index (χ0n) is 12.8. The normalized spacial score (nSPS) is 11.1. The Morgan fingerprint density at radius 1 is 1.16 bits per heavy atom. The molecule has 9 heteroatoms. The molecule has 3 aromatic heterocycles. The molecule has 4 rings (SSSR count). The molecule has 1 aromatic carbocycles. The number of hydrogen-bond donors (Lipinski definition) is 3. The molecule has 0 fully saturated rings. The number of benzene rings is 1. The first kappa shape index (κ1) is 15.2. The van der Waals surface area contributed by atoms with E-state index >= 15 is 0 Å². The first-order chi connectivity index (χ1) is 12.1. The molecule has 0 saturated carbocycles. The Labute approximate surface area is 146 Å². The van der Waals surface area contributed by atoms with Crippen molar-refractivity contribution in [1.29, 1.82) is 0 Å². The van der Waals surface area contributed by atoms with Crippen molar-refractivity contribution >= 4 is 34.3 Å². The van der Waals surface area contributed by atoms with Crippen LogP contribution in [0.2, 0.25) is 5.02 Å². The average Bonchev–Trinajstić information content (AvgIpc) is 2.99. The molecular formula is C16H12ClN7O. The average molecular weight is 354 g/mol. The summed E-state index contributed by atoms with van der Waals surface area (Å²) in [5, 5.41) is 7.43. The second-order valence-electron chi connectivity index (χ2n) is 5.33. The van der Waals surface area contributed by atoms with Crippen molar-refractivity contribution in [3.63, 3.8) is 0 Å². The summed E-state index contributed by atoms with van der Waals surface area (Å²) < 4.78 is 1.42. The first-order valence-electron chi connectivity index (χ1n) is 7.29. The van der Waals surface area contributed by atoms with E-state index in [2.05, 4.69) is 20.2 Å². The van der Waals surface area contributed by atoms with Gasteiger partial charge in [-0.3, -0.25) is 14.5 Å². The maximum absolute atomic E-state index is 12.9. The van der Waals surface area contributed by atoms with Gasteiger partial charge in [0.25, 0.3) is 5.56 Å². The van der Waals surface area contributed by atoms with Gasteiger partial charge in [-0.2, -0.15) is 5.10 Å². The number of anilines is 2. The number of para-hydroxylation sites is 1. The SMILES string of the molecule is Nc1nccc(-c2cn(-c3ccccc3Cl)c(=O)c3c(N)n[nH]c23)n1. The molecule has 0 radical (unpaired) electrons. The Morgan fingerprint density at radius 2 is 1.96 bits per heavy atom. The summed E-state index contributed by atoms with van der Waals surface area (Å²) in [6.45, 7) is 0. The number of nitrogens with one attached hydrogen (secondary N) is 1. The summed E-state index contributed by atoms with van der Waals surface area (Å²) >= 11 is 6.26. The van der Waals surface area contributed by atoms with Gasteiger partial charge in [0.2, 0.25) is 5.95 Å². The lowest BCUT2D eigenvalue weighted by molar-refractivity contribution is 1.01. The molecular weight excluding hydrogens is 342 g/mol. The van der Waals surface area contributed by atoms with E-state index in [1.165, 1.54) is 10.8 Å². The molecule has 25 heavy (non-hydrogen) atoms. The van der Waals surface area contributed by atoms with Crippen LogP contribution in [-0.2, 0) is 0 Å². The highest BCUT2D eigenvalue weighted by atomic mass is 35.5. The molecule has 0 bridgehead atoms. The number of hydrogen-bond acceptors (Lipinski definition) is 6. The Hall–Kier alpha value is -3.39. The Balaban J connectivity index is 2.12. The zero-order chi connectivity index (χ0) is 17.6. The van der Waals surface area contributed by atoms with E-state index in [1.807, 2.05) is 0 Å². The largest absolute Gasteiger partial charge is 0.382 e. The highest BCUT2D eigenvalue weighted by Crippen LogP contribution is 2.28. The minimum atomic E-state index is -0.333. The molecule has 4 aromatic rings. The van der Waals surface area contributed by atoms with Crippen LogP contribution < -0.4 is 17.0 Å². The second kappa shape index (κ2) is 5.60. The van der Waals surface area contributed by atoms with Crippen molar-refractivity contribution in [3.8, 4) is 16.9 Å². The zero-order valence-corrected chi connectivity index (χ0v) is 13.5. The predicted molar refractivity (Wildman–Crippen MR) is 96.6 cm³/mol. The minimum absolute atomic E-state index is 0.102. The Kier molecular flexibility index (Phi) is 3.40. The summed E-state index contributed by atoms with van der Waals surface area (Å²) in [6, 6.07) is 8.70. The van der Waals surface area contributed by atoms with E-state index < -0.39 is 0 Å². The molecule has 0 saturated heterocycles. The molecule has 0 amide bonds. The van der Waals surface area contributed by atoms with Crippen molar-refractivity contribution in [2.24, 2.45) is 0 Å². The smallest absolute Gasteiger partial charge is 0.268 e. The molecule has 0 unspecified atom stereocenters. The van der Waals surface area contributed by atoms with Crippen LogP contribution in [0.15, 0.2) is 47.5 Å².